The molecule has 0 radical (unpaired) electrons. The van der Waals surface area contributed by atoms with Crippen LogP contribution < -0.4 is 0 Å². The Morgan fingerprint density at radius 3 is 2.90 bits per heavy atom. The minimum absolute atomic E-state index is 0.244. The van der Waals surface area contributed by atoms with E-state index < -0.39 is 0 Å². The summed E-state index contributed by atoms with van der Waals surface area (Å²) in [5.41, 5.74) is 6.85. The van der Waals surface area contributed by atoms with Gasteiger partial charge in [-0.25, -0.2) is 9.97 Å². The first kappa shape index (κ1) is 19.5. The molecule has 5 heteroatoms. The summed E-state index contributed by atoms with van der Waals surface area (Å²) >= 11 is 0. The number of aromatic nitrogens is 3. The number of nitrogens with one attached hydrogen (secondary N) is 1. The second kappa shape index (κ2) is 8.32. The van der Waals surface area contributed by atoms with Crippen LogP contribution >= 0.6 is 0 Å². The molecule has 0 unspecified atom stereocenters. The second-order valence-electron chi connectivity index (χ2n) is 8.74. The summed E-state index contributed by atoms with van der Waals surface area (Å²) in [5.74, 6) is 0.806. The zero-order valence-electron chi connectivity index (χ0n) is 17.7. The lowest BCUT2D eigenvalue weighted by Gasteiger charge is -2.21. The number of rotatable bonds is 5. The number of hydrogen-bond donors (Lipinski definition) is 2. The molecule has 0 bridgehead atoms. The Kier molecular flexibility index (Phi) is 5.40. The molecular weight excluding hydrogens is 372 g/mol. The average molecular weight is 403 g/mol. The van der Waals surface area contributed by atoms with Crippen LogP contribution in [0.5, 0.6) is 0 Å². The van der Waals surface area contributed by atoms with Crippen LogP contribution in [0.15, 0.2) is 36.4 Å². The van der Waals surface area contributed by atoms with E-state index in [9.17, 15) is 5.11 Å². The van der Waals surface area contributed by atoms with Crippen LogP contribution in [0.1, 0.15) is 55.6 Å². The van der Waals surface area contributed by atoms with E-state index in [1.54, 1.807) is 0 Å². The number of aliphatic hydroxyl groups excluding tert-OH is 1. The van der Waals surface area contributed by atoms with Crippen molar-refractivity contribution in [3.8, 4) is 11.4 Å². The molecule has 2 aromatic heterocycles. The third-order valence-corrected chi connectivity index (χ3v) is 6.49. The number of aromatic amines is 1. The molecule has 30 heavy (non-hydrogen) atoms. The van der Waals surface area contributed by atoms with Gasteiger partial charge in [0.2, 0.25) is 0 Å². The Balaban J connectivity index is 1.44. The fourth-order valence-corrected chi connectivity index (χ4v) is 4.88. The number of aryl methyl sites for hydroxylation is 1. The molecule has 3 aromatic rings. The molecule has 0 amide bonds. The summed E-state index contributed by atoms with van der Waals surface area (Å²) < 4.78 is 0. The number of aliphatic hydroxyl groups is 1. The van der Waals surface area contributed by atoms with Gasteiger partial charge in [0.15, 0.2) is 5.82 Å². The topological polar surface area (TPSA) is 65.0 Å². The third-order valence-electron chi connectivity index (χ3n) is 6.49. The predicted octanol–water partition coefficient (Wildman–Crippen LogP) is 4.85. The summed E-state index contributed by atoms with van der Waals surface area (Å²) in [7, 11) is 0. The van der Waals surface area contributed by atoms with Crippen LogP contribution in [-0.2, 0) is 6.54 Å². The summed E-state index contributed by atoms with van der Waals surface area (Å²) in [6.45, 7) is 4.21. The van der Waals surface area contributed by atoms with E-state index in [2.05, 4.69) is 53.2 Å². The van der Waals surface area contributed by atoms with Gasteiger partial charge in [-0.15, -0.1) is 0 Å². The molecule has 0 saturated carbocycles. The molecule has 1 aromatic carbocycles. The zero-order chi connectivity index (χ0) is 20.5. The van der Waals surface area contributed by atoms with Crippen molar-refractivity contribution in [1.29, 1.82) is 0 Å². The first-order valence-corrected chi connectivity index (χ1v) is 11.2. The van der Waals surface area contributed by atoms with E-state index in [4.69, 9.17) is 9.97 Å². The van der Waals surface area contributed by atoms with Crippen molar-refractivity contribution in [3.05, 3.63) is 53.5 Å². The van der Waals surface area contributed by atoms with Crippen LogP contribution in [0.3, 0.4) is 0 Å². The largest absolute Gasteiger partial charge is 0.395 e. The molecular formula is C25H30N4O. The van der Waals surface area contributed by atoms with Gasteiger partial charge in [-0.05, 0) is 87.9 Å². The maximum absolute atomic E-state index is 9.59. The zero-order valence-corrected chi connectivity index (χ0v) is 17.7. The van der Waals surface area contributed by atoms with Gasteiger partial charge in [-0.3, -0.25) is 4.90 Å². The lowest BCUT2D eigenvalue weighted by atomic mass is 9.96. The van der Waals surface area contributed by atoms with Crippen LogP contribution in [0.25, 0.3) is 27.9 Å². The van der Waals surface area contributed by atoms with E-state index in [0.717, 1.165) is 60.6 Å². The second-order valence-corrected chi connectivity index (χ2v) is 8.74. The van der Waals surface area contributed by atoms with Gasteiger partial charge in [-0.1, -0.05) is 6.08 Å². The highest BCUT2D eigenvalue weighted by molar-refractivity contribution is 5.85. The van der Waals surface area contributed by atoms with E-state index in [0.29, 0.717) is 6.04 Å². The highest BCUT2D eigenvalue weighted by Gasteiger charge is 2.24. The summed E-state index contributed by atoms with van der Waals surface area (Å²) in [5, 5.41) is 10.8. The molecule has 1 fully saturated rings. The van der Waals surface area contributed by atoms with Gasteiger partial charge in [-0.2, -0.15) is 0 Å². The fraction of sp³-hybridized carbons (Fsp3) is 0.440. The van der Waals surface area contributed by atoms with Gasteiger partial charge in [0.1, 0.15) is 0 Å². The quantitative estimate of drug-likeness (QED) is 0.640. The number of fused-ring (bicyclic) bond motifs is 1. The summed E-state index contributed by atoms with van der Waals surface area (Å²) in [4.78, 5) is 15.6. The van der Waals surface area contributed by atoms with E-state index in [1.165, 1.54) is 35.9 Å². The normalized spacial score (nSPS) is 20.1. The predicted molar refractivity (Wildman–Crippen MR) is 121 cm³/mol. The Morgan fingerprint density at radius 1 is 1.13 bits per heavy atom. The molecule has 2 aliphatic rings. The SMILES string of the molecule is Cc1cc(C2=CCCCC2)nc(-c2ccc3[nH]c(CN4CCC[C@@H]4CO)cc3c2)n1. The van der Waals surface area contributed by atoms with Crippen LogP contribution in [0, 0.1) is 6.92 Å². The number of nitrogens with zero attached hydrogens (tertiary/aromatic N) is 3. The first-order chi connectivity index (χ1) is 14.7. The van der Waals surface area contributed by atoms with Gasteiger partial charge < -0.3 is 10.1 Å². The van der Waals surface area contributed by atoms with Crippen LogP contribution in [0.4, 0.5) is 0 Å². The summed E-state index contributed by atoms with van der Waals surface area (Å²) in [6.07, 6.45) is 9.39. The van der Waals surface area contributed by atoms with E-state index in [1.807, 2.05) is 0 Å². The number of H-pyrrole nitrogens is 1. The Morgan fingerprint density at radius 2 is 2.07 bits per heavy atom. The number of benzene rings is 1. The van der Waals surface area contributed by atoms with Crippen molar-refractivity contribution in [2.24, 2.45) is 0 Å². The number of likely N-dealkylation sites (tertiary alicyclic amines) is 1. The molecule has 0 spiro atoms. The lowest BCUT2D eigenvalue weighted by Crippen LogP contribution is -2.31. The van der Waals surface area contributed by atoms with E-state index >= 15 is 0 Å². The van der Waals surface area contributed by atoms with Gasteiger partial charge in [0, 0.05) is 40.4 Å². The highest BCUT2D eigenvalue weighted by atomic mass is 16.3. The van der Waals surface area contributed by atoms with Crippen molar-refractivity contribution in [2.75, 3.05) is 13.2 Å². The lowest BCUT2D eigenvalue weighted by molar-refractivity contribution is 0.152. The Labute approximate surface area is 177 Å². The van der Waals surface area contributed by atoms with Crippen molar-refractivity contribution in [3.63, 3.8) is 0 Å². The molecule has 156 valence electrons. The highest BCUT2D eigenvalue weighted by Crippen LogP contribution is 2.29. The average Bonchev–Trinajstić information content (AvgIpc) is 3.39. The smallest absolute Gasteiger partial charge is 0.160 e. The molecule has 1 atom stereocenters. The minimum Gasteiger partial charge on any atom is -0.395 e. The van der Waals surface area contributed by atoms with Gasteiger partial charge >= 0.3 is 0 Å². The van der Waals surface area contributed by atoms with Crippen molar-refractivity contribution in [1.82, 2.24) is 19.9 Å². The maximum atomic E-state index is 9.59. The molecule has 1 aliphatic heterocycles. The van der Waals surface area contributed by atoms with Crippen molar-refractivity contribution in [2.45, 2.75) is 58.0 Å². The van der Waals surface area contributed by atoms with Crippen LogP contribution in [-0.4, -0.2) is 44.2 Å². The van der Waals surface area contributed by atoms with Crippen LogP contribution in [0.2, 0.25) is 0 Å². The maximum Gasteiger partial charge on any atom is 0.160 e. The first-order valence-electron chi connectivity index (χ1n) is 11.2. The van der Waals surface area contributed by atoms with E-state index in [-0.39, 0.29) is 6.61 Å². The monoisotopic (exact) mass is 402 g/mol. The number of hydrogen-bond acceptors (Lipinski definition) is 4. The standard InChI is InChI=1S/C25H30N4O/c1-17-12-24(18-6-3-2-4-7-18)28-25(26-17)19-9-10-23-20(13-19)14-21(27-23)15-29-11-5-8-22(29)16-30/h6,9-10,12-14,22,27,30H,2-5,7-8,11,15-16H2,1H3/t22-/m1/s1. The molecule has 5 nitrogen and oxygen atoms in total. The fourth-order valence-electron chi connectivity index (χ4n) is 4.88. The van der Waals surface area contributed by atoms with Gasteiger partial charge in [0.25, 0.3) is 0 Å². The summed E-state index contributed by atoms with van der Waals surface area (Å²) in [6, 6.07) is 11.1. The molecule has 1 saturated heterocycles. The molecule has 3 heterocycles. The minimum atomic E-state index is 0.244. The van der Waals surface area contributed by atoms with Crippen molar-refractivity contribution >= 4 is 16.5 Å². The van der Waals surface area contributed by atoms with Gasteiger partial charge in [0.05, 0.1) is 12.3 Å². The Bertz CT molecular complexity index is 1080. The van der Waals surface area contributed by atoms with Crippen molar-refractivity contribution < 1.29 is 5.11 Å². The molecule has 1 aliphatic carbocycles. The molecule has 5 rings (SSSR count). The molecule has 2 N–H and O–H groups in total. The Hall–Kier alpha value is -2.50. The number of allylic oxidation sites excluding steroid dienone is 2. The third kappa shape index (κ3) is 3.92.